The molecular weight excluding hydrogens is 338 g/mol. The van der Waals surface area contributed by atoms with Crippen molar-refractivity contribution in [1.82, 2.24) is 19.4 Å². The van der Waals surface area contributed by atoms with Gasteiger partial charge in [-0.25, -0.2) is 4.98 Å². The summed E-state index contributed by atoms with van der Waals surface area (Å²) < 4.78 is 2.33. The van der Waals surface area contributed by atoms with Gasteiger partial charge in [-0.05, 0) is 43.2 Å². The zero-order valence-corrected chi connectivity index (χ0v) is 15.3. The maximum Gasteiger partial charge on any atom is 0.257 e. The van der Waals surface area contributed by atoms with E-state index in [0.717, 1.165) is 48.2 Å². The molecule has 2 aliphatic rings. The quantitative estimate of drug-likeness (QED) is 0.776. The van der Waals surface area contributed by atoms with Crippen molar-refractivity contribution >= 4 is 22.6 Å². The minimum absolute atomic E-state index is 0.154. The standard InChI is InChI=1S/C21H23N5O/c27-21(15-4-3-9-22-13-15)23-16-7-8-19-18(12-16)24-20-14-25(10-11-26(19)20)17-5-1-2-6-17/h3-4,7-9,12-13,17H,1-2,5-6,10-11,14H2,(H,23,27). The molecule has 2 aromatic heterocycles. The summed E-state index contributed by atoms with van der Waals surface area (Å²) >= 11 is 0. The van der Waals surface area contributed by atoms with Gasteiger partial charge in [0.25, 0.3) is 5.91 Å². The van der Waals surface area contributed by atoms with Crippen LogP contribution in [0.15, 0.2) is 42.7 Å². The lowest BCUT2D eigenvalue weighted by atomic mass is 10.2. The highest BCUT2D eigenvalue weighted by Crippen LogP contribution is 2.29. The fraction of sp³-hybridized carbons (Fsp3) is 0.381. The summed E-state index contributed by atoms with van der Waals surface area (Å²) in [6, 6.07) is 10.2. The molecule has 0 spiro atoms. The first-order chi connectivity index (χ1) is 13.3. The Morgan fingerprint density at radius 1 is 1.15 bits per heavy atom. The van der Waals surface area contributed by atoms with Gasteiger partial charge in [-0.2, -0.15) is 0 Å². The van der Waals surface area contributed by atoms with Crippen LogP contribution in [0.4, 0.5) is 5.69 Å². The van der Waals surface area contributed by atoms with Crippen LogP contribution in [-0.2, 0) is 13.1 Å². The van der Waals surface area contributed by atoms with E-state index < -0.39 is 0 Å². The normalized spacial score (nSPS) is 17.9. The lowest BCUT2D eigenvalue weighted by Crippen LogP contribution is -2.39. The van der Waals surface area contributed by atoms with Crippen molar-refractivity contribution < 1.29 is 4.79 Å². The number of imidazole rings is 1. The Labute approximate surface area is 158 Å². The SMILES string of the molecule is O=C(Nc1ccc2c(c1)nc1n2CCN(C2CCCC2)C1)c1cccnc1. The summed E-state index contributed by atoms with van der Waals surface area (Å²) in [7, 11) is 0. The van der Waals surface area contributed by atoms with Gasteiger partial charge < -0.3 is 9.88 Å². The van der Waals surface area contributed by atoms with Gasteiger partial charge in [0.05, 0.1) is 23.1 Å². The van der Waals surface area contributed by atoms with Crippen LogP contribution >= 0.6 is 0 Å². The molecule has 0 radical (unpaired) electrons. The summed E-state index contributed by atoms with van der Waals surface area (Å²) in [5.41, 5.74) is 3.41. The van der Waals surface area contributed by atoms with E-state index in [0.29, 0.717) is 5.56 Å². The molecule has 3 heterocycles. The van der Waals surface area contributed by atoms with Crippen LogP contribution in [0.3, 0.4) is 0 Å². The third kappa shape index (κ3) is 3.10. The first-order valence-electron chi connectivity index (χ1n) is 9.72. The van der Waals surface area contributed by atoms with Crippen molar-refractivity contribution in [1.29, 1.82) is 0 Å². The van der Waals surface area contributed by atoms with Gasteiger partial charge in [0.2, 0.25) is 0 Å². The smallest absolute Gasteiger partial charge is 0.257 e. The Hall–Kier alpha value is -2.73. The molecule has 0 saturated heterocycles. The van der Waals surface area contributed by atoms with E-state index in [-0.39, 0.29) is 5.91 Å². The summed E-state index contributed by atoms with van der Waals surface area (Å²) in [5.74, 6) is 0.984. The van der Waals surface area contributed by atoms with E-state index in [1.165, 1.54) is 25.7 Å². The number of aromatic nitrogens is 3. The second kappa shape index (κ2) is 6.78. The minimum Gasteiger partial charge on any atom is -0.326 e. The number of nitrogens with zero attached hydrogens (tertiary/aromatic N) is 4. The van der Waals surface area contributed by atoms with Gasteiger partial charge in [-0.3, -0.25) is 14.7 Å². The van der Waals surface area contributed by atoms with Crippen LogP contribution in [0.2, 0.25) is 0 Å². The predicted octanol–water partition coefficient (Wildman–Crippen LogP) is 3.44. The molecule has 1 aliphatic carbocycles. The van der Waals surface area contributed by atoms with E-state index >= 15 is 0 Å². The maximum absolute atomic E-state index is 12.4. The summed E-state index contributed by atoms with van der Waals surface area (Å²) in [6.45, 7) is 3.02. The van der Waals surface area contributed by atoms with E-state index in [1.54, 1.807) is 24.5 Å². The Morgan fingerprint density at radius 2 is 2.04 bits per heavy atom. The van der Waals surface area contributed by atoms with E-state index in [9.17, 15) is 4.79 Å². The molecule has 0 bridgehead atoms. The molecule has 3 aromatic rings. The average Bonchev–Trinajstić information content (AvgIpc) is 3.35. The number of carbonyl (C=O) groups excluding carboxylic acids is 1. The fourth-order valence-electron chi connectivity index (χ4n) is 4.40. The Kier molecular flexibility index (Phi) is 4.13. The van der Waals surface area contributed by atoms with Gasteiger partial charge in [0, 0.05) is 37.2 Å². The number of carbonyl (C=O) groups is 1. The molecule has 0 atom stereocenters. The second-order valence-corrected chi connectivity index (χ2v) is 7.49. The van der Waals surface area contributed by atoms with Gasteiger partial charge in [-0.15, -0.1) is 0 Å². The molecule has 1 aliphatic heterocycles. The molecular formula is C21H23N5O. The monoisotopic (exact) mass is 361 g/mol. The van der Waals surface area contributed by atoms with Gasteiger partial charge in [-0.1, -0.05) is 12.8 Å². The van der Waals surface area contributed by atoms with Gasteiger partial charge >= 0.3 is 0 Å². The highest BCUT2D eigenvalue weighted by atomic mass is 16.1. The van der Waals surface area contributed by atoms with E-state index in [2.05, 4.69) is 25.8 Å². The molecule has 27 heavy (non-hydrogen) atoms. The van der Waals surface area contributed by atoms with Crippen LogP contribution in [0.25, 0.3) is 11.0 Å². The van der Waals surface area contributed by atoms with Crippen LogP contribution in [0.5, 0.6) is 0 Å². The zero-order chi connectivity index (χ0) is 18.2. The number of rotatable bonds is 3. The molecule has 0 unspecified atom stereocenters. The molecule has 138 valence electrons. The fourth-order valence-corrected chi connectivity index (χ4v) is 4.40. The number of anilines is 1. The molecule has 1 aromatic carbocycles. The summed E-state index contributed by atoms with van der Waals surface area (Å²) in [4.78, 5) is 23.8. The first-order valence-corrected chi connectivity index (χ1v) is 9.72. The third-order valence-corrected chi connectivity index (χ3v) is 5.81. The summed E-state index contributed by atoms with van der Waals surface area (Å²) in [6.07, 6.45) is 8.60. The van der Waals surface area contributed by atoms with Crippen molar-refractivity contribution in [3.63, 3.8) is 0 Å². The molecule has 6 nitrogen and oxygen atoms in total. The first kappa shape index (κ1) is 16.4. The largest absolute Gasteiger partial charge is 0.326 e. The van der Waals surface area contributed by atoms with Crippen molar-refractivity contribution in [3.8, 4) is 0 Å². The van der Waals surface area contributed by atoms with Crippen LogP contribution in [-0.4, -0.2) is 37.9 Å². The van der Waals surface area contributed by atoms with Crippen LogP contribution in [0.1, 0.15) is 41.9 Å². The van der Waals surface area contributed by atoms with Crippen molar-refractivity contribution in [2.75, 3.05) is 11.9 Å². The number of hydrogen-bond acceptors (Lipinski definition) is 4. The Balaban J connectivity index is 1.38. The number of hydrogen-bond donors (Lipinski definition) is 1. The predicted molar refractivity (Wildman–Crippen MR) is 105 cm³/mol. The molecule has 1 saturated carbocycles. The highest BCUT2D eigenvalue weighted by Gasteiger charge is 2.27. The number of amides is 1. The number of nitrogens with one attached hydrogen (secondary N) is 1. The maximum atomic E-state index is 12.4. The average molecular weight is 361 g/mol. The van der Waals surface area contributed by atoms with E-state index in [4.69, 9.17) is 4.98 Å². The Morgan fingerprint density at radius 3 is 2.85 bits per heavy atom. The highest BCUT2D eigenvalue weighted by molar-refractivity contribution is 6.04. The van der Waals surface area contributed by atoms with Crippen LogP contribution in [0, 0.1) is 0 Å². The van der Waals surface area contributed by atoms with Crippen molar-refractivity contribution in [2.45, 2.75) is 44.8 Å². The lowest BCUT2D eigenvalue weighted by molar-refractivity contribution is 0.102. The number of fused-ring (bicyclic) bond motifs is 3. The van der Waals surface area contributed by atoms with Gasteiger partial charge in [0.15, 0.2) is 0 Å². The van der Waals surface area contributed by atoms with E-state index in [1.807, 2.05) is 12.1 Å². The zero-order valence-electron chi connectivity index (χ0n) is 15.3. The molecule has 1 fully saturated rings. The molecule has 6 heteroatoms. The van der Waals surface area contributed by atoms with Gasteiger partial charge in [0.1, 0.15) is 5.82 Å². The van der Waals surface area contributed by atoms with Crippen molar-refractivity contribution in [2.24, 2.45) is 0 Å². The third-order valence-electron chi connectivity index (χ3n) is 5.81. The molecule has 1 amide bonds. The Bertz CT molecular complexity index is 975. The molecule has 1 N–H and O–H groups in total. The summed E-state index contributed by atoms with van der Waals surface area (Å²) in [5, 5.41) is 2.95. The topological polar surface area (TPSA) is 63.1 Å². The van der Waals surface area contributed by atoms with Crippen LogP contribution < -0.4 is 5.32 Å². The second-order valence-electron chi connectivity index (χ2n) is 7.49. The minimum atomic E-state index is -0.154. The number of benzene rings is 1. The lowest BCUT2D eigenvalue weighted by Gasteiger charge is -2.32. The number of pyridine rings is 1. The molecule has 5 rings (SSSR count). The van der Waals surface area contributed by atoms with Crippen molar-refractivity contribution in [3.05, 3.63) is 54.1 Å².